The van der Waals surface area contributed by atoms with Gasteiger partial charge in [0.15, 0.2) is 5.78 Å². The molecule has 662 valence electrons. The maximum atomic E-state index is 13.5. The Labute approximate surface area is 675 Å². The van der Waals surface area contributed by atoms with Crippen LogP contribution in [-0.4, -0.2) is 357 Å². The number of carbonyl (C=O) groups excluding carboxylic acids is 5. The van der Waals surface area contributed by atoms with E-state index in [4.69, 9.17) is 114 Å². The van der Waals surface area contributed by atoms with Crippen LogP contribution >= 0.6 is 0 Å². The molecule has 0 aliphatic rings. The Balaban J connectivity index is 1.83. The average molecular weight is 1630 g/mol. The van der Waals surface area contributed by atoms with E-state index in [0.29, 0.717) is 303 Å². The van der Waals surface area contributed by atoms with Gasteiger partial charge in [0.25, 0.3) is 0 Å². The third-order valence-electron chi connectivity index (χ3n) is 15.9. The van der Waals surface area contributed by atoms with Gasteiger partial charge in [-0.25, -0.2) is 0 Å². The zero-order valence-electron chi connectivity index (χ0n) is 70.7. The number of anilines is 1. The molecule has 3 amide bonds. The molecular weight excluding hydrogens is 1480 g/mol. The second-order valence-corrected chi connectivity index (χ2v) is 28.5. The van der Waals surface area contributed by atoms with E-state index in [-0.39, 0.29) is 79.8 Å². The van der Waals surface area contributed by atoms with Crippen LogP contribution < -0.4 is 10.6 Å². The van der Waals surface area contributed by atoms with Crippen molar-refractivity contribution in [1.82, 2.24) is 10.2 Å². The van der Waals surface area contributed by atoms with E-state index in [1.165, 1.54) is 0 Å². The van der Waals surface area contributed by atoms with Crippen molar-refractivity contribution in [2.24, 2.45) is 22.7 Å². The molecule has 0 heterocycles. The van der Waals surface area contributed by atoms with E-state index in [0.717, 1.165) is 31.4 Å². The highest BCUT2D eigenvalue weighted by molar-refractivity contribution is 5.97. The fourth-order valence-electron chi connectivity index (χ4n) is 9.27. The van der Waals surface area contributed by atoms with E-state index >= 15 is 0 Å². The summed E-state index contributed by atoms with van der Waals surface area (Å²) in [4.78, 5) is 67.1. The molecule has 2 N–H and O–H groups in total. The highest BCUT2D eigenvalue weighted by atomic mass is 16.6. The number of hydrogen-bond acceptors (Lipinski definition) is 29. The Bertz CT molecular complexity index is 2320. The van der Waals surface area contributed by atoms with Gasteiger partial charge < -0.3 is 129 Å². The van der Waals surface area contributed by atoms with E-state index in [2.05, 4.69) is 38.3 Å². The maximum Gasteiger partial charge on any atom is 0.311 e. The number of Topliss-reactive ketones (excluding diaryl/α,β-unsaturated/α-hetero) is 1. The summed E-state index contributed by atoms with van der Waals surface area (Å²) in [6.45, 7) is 41.5. The summed E-state index contributed by atoms with van der Waals surface area (Å²) in [7, 11) is 0. The Kier molecular flexibility index (Phi) is 73.5. The molecule has 0 saturated heterocycles. The molecule has 0 aliphatic carbocycles. The summed E-state index contributed by atoms with van der Waals surface area (Å²) < 4.78 is 133. The van der Waals surface area contributed by atoms with Gasteiger partial charge in [0, 0.05) is 44.1 Å². The molecule has 1 aromatic carbocycles. The van der Waals surface area contributed by atoms with Crippen molar-refractivity contribution in [2.75, 3.05) is 322 Å². The van der Waals surface area contributed by atoms with Gasteiger partial charge in [-0.15, -0.1) is 0 Å². The first-order chi connectivity index (χ1) is 54.8. The molecule has 32 heteroatoms. The average Bonchev–Trinajstić information content (AvgIpc) is 0.868. The van der Waals surface area contributed by atoms with Gasteiger partial charge in [0.05, 0.1) is 315 Å². The van der Waals surface area contributed by atoms with Crippen LogP contribution in [-0.2, 0) is 144 Å². The van der Waals surface area contributed by atoms with Crippen molar-refractivity contribution in [3.8, 4) is 0 Å². The lowest BCUT2D eigenvalue weighted by atomic mass is 9.92. The summed E-state index contributed by atoms with van der Waals surface area (Å²) >= 11 is 0. The number of ether oxygens (including phenoxy) is 24. The topological polar surface area (TPSA) is 334 Å². The van der Waals surface area contributed by atoms with Crippen molar-refractivity contribution in [3.63, 3.8) is 0 Å². The summed E-state index contributed by atoms with van der Waals surface area (Å²) in [5.74, 6) is -2.30. The summed E-state index contributed by atoms with van der Waals surface area (Å²) in [5, 5.41) is 5.71. The normalized spacial score (nSPS) is 12.5. The highest BCUT2D eigenvalue weighted by Crippen LogP contribution is 2.21. The number of esters is 1. The molecule has 32 nitrogen and oxygen atoms in total. The minimum Gasteiger partial charge on any atom is -0.460 e. The minimum absolute atomic E-state index is 0.00927. The summed E-state index contributed by atoms with van der Waals surface area (Å²) in [6, 6.07) is 6.14. The van der Waals surface area contributed by atoms with Gasteiger partial charge in [-0.05, 0) is 62.6 Å². The number of hydrogen-bond donors (Lipinski definition) is 2. The quantitative estimate of drug-likeness (QED) is 0.0507. The first-order valence-electron chi connectivity index (χ1n) is 40.8. The first kappa shape index (κ1) is 107. The van der Waals surface area contributed by atoms with E-state index in [1.807, 2.05) is 13.8 Å². The summed E-state index contributed by atoms with van der Waals surface area (Å²) in [5.41, 5.74) is 0.653. The van der Waals surface area contributed by atoms with Crippen LogP contribution in [0.25, 0.3) is 0 Å². The van der Waals surface area contributed by atoms with Crippen molar-refractivity contribution in [2.45, 2.75) is 120 Å². The molecule has 1 rings (SSSR count). The van der Waals surface area contributed by atoms with Crippen LogP contribution in [0.15, 0.2) is 24.3 Å². The number of amides is 3. The second-order valence-electron chi connectivity index (χ2n) is 28.5. The van der Waals surface area contributed by atoms with Gasteiger partial charge in [-0.3, -0.25) is 24.0 Å². The lowest BCUT2D eigenvalue weighted by molar-refractivity contribution is -0.154. The predicted octanol–water partition coefficient (Wildman–Crippen LogP) is 6.68. The fourth-order valence-corrected chi connectivity index (χ4v) is 9.27. The molecule has 0 spiro atoms. The molecule has 0 aliphatic heterocycles. The fraction of sp³-hybridized carbons (Fsp3) is 0.864. The number of benzene rings is 1. The Morgan fingerprint density at radius 3 is 0.894 bits per heavy atom. The minimum atomic E-state index is -0.807. The molecule has 0 saturated carbocycles. The number of unbranched alkanes of at least 4 members (excludes halogenated alkanes) is 1. The van der Waals surface area contributed by atoms with Crippen LogP contribution in [0.4, 0.5) is 5.69 Å². The van der Waals surface area contributed by atoms with Crippen LogP contribution in [0, 0.1) is 22.7 Å². The Hall–Kier alpha value is -4.15. The zero-order valence-corrected chi connectivity index (χ0v) is 70.7. The van der Waals surface area contributed by atoms with Crippen LogP contribution in [0.3, 0.4) is 0 Å². The van der Waals surface area contributed by atoms with Crippen molar-refractivity contribution in [3.05, 3.63) is 29.8 Å². The SMILES string of the molecule is CCCCOCCOCCOCCOCCOCCOCCOCCOCCOCCOCCOCCOCCOCCOCCOCCOCCOCCOCCOCCOCCOCCOCCOCCC(=O)N(CCC(=O)N[C@H](C(=O)C[C@@H](C)C(=O)Nc1ccc(COC(=O)C(C)(C)C)cc1)C(C)C)CCC(C)(C)C. The number of carbonyl (C=O) groups is 5. The number of nitrogens with zero attached hydrogens (tertiary/aromatic N) is 1. The molecule has 2 atom stereocenters. The molecular formula is C81H149N3O29. The van der Waals surface area contributed by atoms with Crippen molar-refractivity contribution in [1.29, 1.82) is 0 Å². The smallest absolute Gasteiger partial charge is 0.311 e. The van der Waals surface area contributed by atoms with E-state index in [9.17, 15) is 24.0 Å². The zero-order chi connectivity index (χ0) is 82.5. The van der Waals surface area contributed by atoms with Gasteiger partial charge >= 0.3 is 5.97 Å². The van der Waals surface area contributed by atoms with Crippen molar-refractivity contribution >= 4 is 35.2 Å². The Morgan fingerprint density at radius 2 is 0.637 bits per heavy atom. The molecule has 0 aromatic heterocycles. The lowest BCUT2D eigenvalue weighted by Crippen LogP contribution is -2.46. The first-order valence-corrected chi connectivity index (χ1v) is 40.8. The third kappa shape index (κ3) is 72.8. The molecule has 1 aromatic rings. The largest absolute Gasteiger partial charge is 0.460 e. The third-order valence-corrected chi connectivity index (χ3v) is 15.9. The van der Waals surface area contributed by atoms with Crippen LogP contribution in [0.1, 0.15) is 113 Å². The van der Waals surface area contributed by atoms with Gasteiger partial charge in [-0.1, -0.05) is 67.0 Å². The summed E-state index contributed by atoms with van der Waals surface area (Å²) in [6.07, 6.45) is 3.02. The molecule has 113 heavy (non-hydrogen) atoms. The van der Waals surface area contributed by atoms with Gasteiger partial charge in [0.1, 0.15) is 6.61 Å². The number of rotatable bonds is 86. The standard InChI is InChI=1S/C81H149N3O29/c1-11-12-22-90-24-26-92-28-30-94-32-34-96-36-38-98-40-42-100-44-46-102-48-50-104-52-54-106-56-58-108-60-62-110-64-66-112-67-65-111-63-61-109-59-57-107-55-53-105-51-49-103-47-45-101-43-41-99-39-37-97-35-33-95-31-29-93-27-25-91-23-18-76(87)84(21-19-80(5,6)7)20-17-75(86)83-77(70(2)3)74(85)68-71(4)78(88)82-73-15-13-72(14-16-73)69-113-79(89)81(8,9)10/h13-16,70-71,77H,11-12,17-69H2,1-10H3,(H,82,88)(H,83,86)/t71-,77+/m1/s1. The monoisotopic (exact) mass is 1630 g/mol. The van der Waals surface area contributed by atoms with Crippen molar-refractivity contribution < 1.29 is 138 Å². The van der Waals surface area contributed by atoms with E-state index < -0.39 is 17.4 Å². The molecule has 0 unspecified atom stereocenters. The highest BCUT2D eigenvalue weighted by Gasteiger charge is 2.29. The number of nitrogens with one attached hydrogen (secondary N) is 2. The van der Waals surface area contributed by atoms with Gasteiger partial charge in [-0.2, -0.15) is 0 Å². The van der Waals surface area contributed by atoms with E-state index in [1.54, 1.807) is 56.9 Å². The van der Waals surface area contributed by atoms with Crippen LogP contribution in [0.5, 0.6) is 0 Å². The molecule has 0 fully saturated rings. The van der Waals surface area contributed by atoms with Crippen LogP contribution in [0.2, 0.25) is 0 Å². The maximum absolute atomic E-state index is 13.5. The molecule has 0 radical (unpaired) electrons. The number of ketones is 1. The lowest BCUT2D eigenvalue weighted by Gasteiger charge is -2.28. The van der Waals surface area contributed by atoms with Gasteiger partial charge in [0.2, 0.25) is 17.7 Å². The Morgan fingerprint density at radius 1 is 0.363 bits per heavy atom. The second kappa shape index (κ2) is 77.7. The predicted molar refractivity (Wildman–Crippen MR) is 424 cm³/mol. The molecule has 0 bridgehead atoms.